The Morgan fingerprint density at radius 1 is 0.636 bits per heavy atom. The zero-order chi connectivity index (χ0) is 15.5. The van der Waals surface area contributed by atoms with Crippen LogP contribution in [-0.4, -0.2) is 21.3 Å². The molecule has 0 bridgehead atoms. The normalized spacial score (nSPS) is 10.5. The summed E-state index contributed by atoms with van der Waals surface area (Å²) in [5.41, 5.74) is 2.17. The molecular weight excluding hydrogens is 276 g/mol. The number of ether oxygens (including phenoxy) is 3. The van der Waals surface area contributed by atoms with E-state index in [4.69, 9.17) is 14.2 Å². The Bertz CT molecular complexity index is 792. The first-order valence-corrected chi connectivity index (χ1v) is 7.06. The molecule has 0 saturated heterocycles. The maximum Gasteiger partial charge on any atom is 0.127 e. The van der Waals surface area contributed by atoms with Crippen LogP contribution in [0, 0.1) is 0 Å². The van der Waals surface area contributed by atoms with Crippen LogP contribution in [0.1, 0.15) is 0 Å². The maximum atomic E-state index is 5.56. The van der Waals surface area contributed by atoms with Crippen LogP contribution in [0.2, 0.25) is 0 Å². The van der Waals surface area contributed by atoms with E-state index in [1.807, 2.05) is 48.5 Å². The third-order valence-corrected chi connectivity index (χ3v) is 3.79. The van der Waals surface area contributed by atoms with Crippen molar-refractivity contribution >= 4 is 10.8 Å². The fraction of sp³-hybridized carbons (Fsp3) is 0.158. The van der Waals surface area contributed by atoms with Gasteiger partial charge in [0.25, 0.3) is 0 Å². The third kappa shape index (κ3) is 2.46. The van der Waals surface area contributed by atoms with Crippen molar-refractivity contribution in [2.75, 3.05) is 21.3 Å². The summed E-state index contributed by atoms with van der Waals surface area (Å²) in [7, 11) is 5.03. The van der Waals surface area contributed by atoms with E-state index in [2.05, 4.69) is 6.07 Å². The highest BCUT2D eigenvalue weighted by atomic mass is 16.5. The van der Waals surface area contributed by atoms with Crippen LogP contribution < -0.4 is 14.2 Å². The molecule has 3 heteroatoms. The summed E-state index contributed by atoms with van der Waals surface area (Å²) >= 11 is 0. The lowest BCUT2D eigenvalue weighted by molar-refractivity contribution is 0.414. The van der Waals surface area contributed by atoms with E-state index in [-0.39, 0.29) is 0 Å². The minimum Gasteiger partial charge on any atom is -0.497 e. The molecule has 0 atom stereocenters. The van der Waals surface area contributed by atoms with Crippen LogP contribution in [0.15, 0.2) is 54.6 Å². The quantitative estimate of drug-likeness (QED) is 0.707. The SMILES string of the molecule is COc1ccc(-c2c(OC)ccc3cc(OC)ccc23)cc1. The largest absolute Gasteiger partial charge is 0.497 e. The van der Waals surface area contributed by atoms with Gasteiger partial charge < -0.3 is 14.2 Å². The highest BCUT2D eigenvalue weighted by molar-refractivity contribution is 6.00. The van der Waals surface area contributed by atoms with E-state index in [0.29, 0.717) is 0 Å². The molecule has 0 aliphatic heterocycles. The Hall–Kier alpha value is -2.68. The molecule has 0 aromatic heterocycles. The first-order chi connectivity index (χ1) is 10.8. The van der Waals surface area contributed by atoms with Gasteiger partial charge in [0.1, 0.15) is 17.2 Å². The summed E-state index contributed by atoms with van der Waals surface area (Å²) in [5.74, 6) is 2.53. The van der Waals surface area contributed by atoms with Crippen LogP contribution in [0.4, 0.5) is 0 Å². The number of rotatable bonds is 4. The van der Waals surface area contributed by atoms with Gasteiger partial charge in [-0.05, 0) is 52.7 Å². The Morgan fingerprint density at radius 2 is 1.32 bits per heavy atom. The second kappa shape index (κ2) is 5.98. The summed E-state index contributed by atoms with van der Waals surface area (Å²) in [4.78, 5) is 0. The van der Waals surface area contributed by atoms with Crippen molar-refractivity contribution in [3.8, 4) is 28.4 Å². The molecule has 0 aliphatic rings. The van der Waals surface area contributed by atoms with Crippen molar-refractivity contribution < 1.29 is 14.2 Å². The van der Waals surface area contributed by atoms with Crippen molar-refractivity contribution in [1.29, 1.82) is 0 Å². The van der Waals surface area contributed by atoms with Crippen LogP contribution in [0.5, 0.6) is 17.2 Å². The lowest BCUT2D eigenvalue weighted by Crippen LogP contribution is -1.91. The lowest BCUT2D eigenvalue weighted by atomic mass is 9.97. The van der Waals surface area contributed by atoms with E-state index >= 15 is 0 Å². The van der Waals surface area contributed by atoms with E-state index in [9.17, 15) is 0 Å². The summed E-state index contributed by atoms with van der Waals surface area (Å²) in [5, 5.41) is 2.25. The van der Waals surface area contributed by atoms with Gasteiger partial charge in [-0.25, -0.2) is 0 Å². The highest BCUT2D eigenvalue weighted by Gasteiger charge is 2.11. The van der Waals surface area contributed by atoms with Crippen molar-refractivity contribution in [1.82, 2.24) is 0 Å². The topological polar surface area (TPSA) is 27.7 Å². The molecule has 112 valence electrons. The van der Waals surface area contributed by atoms with Gasteiger partial charge >= 0.3 is 0 Å². The zero-order valence-corrected chi connectivity index (χ0v) is 12.9. The summed E-state index contributed by atoms with van der Waals surface area (Å²) in [6.45, 7) is 0. The van der Waals surface area contributed by atoms with Gasteiger partial charge in [0.2, 0.25) is 0 Å². The predicted molar refractivity (Wildman–Crippen MR) is 89.0 cm³/mol. The summed E-state index contributed by atoms with van der Waals surface area (Å²) in [6, 6.07) is 18.1. The van der Waals surface area contributed by atoms with Crippen molar-refractivity contribution in [3.63, 3.8) is 0 Å². The molecular formula is C19H18O3. The average molecular weight is 294 g/mol. The molecule has 0 radical (unpaired) electrons. The molecule has 0 N–H and O–H groups in total. The smallest absolute Gasteiger partial charge is 0.127 e. The van der Waals surface area contributed by atoms with E-state index in [1.54, 1.807) is 21.3 Å². The molecule has 3 aromatic carbocycles. The molecule has 22 heavy (non-hydrogen) atoms. The Balaban J connectivity index is 2.24. The maximum absolute atomic E-state index is 5.56. The van der Waals surface area contributed by atoms with Crippen LogP contribution >= 0.6 is 0 Å². The number of hydrogen-bond acceptors (Lipinski definition) is 3. The highest BCUT2D eigenvalue weighted by Crippen LogP contribution is 2.38. The van der Waals surface area contributed by atoms with Crippen LogP contribution in [-0.2, 0) is 0 Å². The van der Waals surface area contributed by atoms with E-state index < -0.39 is 0 Å². The molecule has 3 aromatic rings. The molecule has 0 heterocycles. The molecule has 0 unspecified atom stereocenters. The van der Waals surface area contributed by atoms with Gasteiger partial charge in [0.05, 0.1) is 21.3 Å². The fourth-order valence-corrected chi connectivity index (χ4v) is 2.64. The second-order valence-electron chi connectivity index (χ2n) is 4.96. The first-order valence-electron chi connectivity index (χ1n) is 7.06. The molecule has 0 spiro atoms. The summed E-state index contributed by atoms with van der Waals surface area (Å²) < 4.78 is 16.1. The Morgan fingerprint density at radius 3 is 1.95 bits per heavy atom. The minimum atomic E-state index is 0.838. The second-order valence-corrected chi connectivity index (χ2v) is 4.96. The van der Waals surface area contributed by atoms with Gasteiger partial charge in [-0.3, -0.25) is 0 Å². The van der Waals surface area contributed by atoms with Crippen molar-refractivity contribution in [2.45, 2.75) is 0 Å². The van der Waals surface area contributed by atoms with E-state index in [1.165, 1.54) is 0 Å². The molecule has 0 fully saturated rings. The van der Waals surface area contributed by atoms with Crippen molar-refractivity contribution in [3.05, 3.63) is 54.6 Å². The fourth-order valence-electron chi connectivity index (χ4n) is 2.64. The first kappa shape index (κ1) is 14.3. The van der Waals surface area contributed by atoms with Gasteiger partial charge in [-0.1, -0.05) is 18.2 Å². The van der Waals surface area contributed by atoms with Crippen LogP contribution in [0.3, 0.4) is 0 Å². The predicted octanol–water partition coefficient (Wildman–Crippen LogP) is 4.53. The average Bonchev–Trinajstić information content (AvgIpc) is 2.60. The number of fused-ring (bicyclic) bond motifs is 1. The Kier molecular flexibility index (Phi) is 3.88. The molecule has 3 rings (SSSR count). The third-order valence-electron chi connectivity index (χ3n) is 3.79. The van der Waals surface area contributed by atoms with Gasteiger partial charge in [0.15, 0.2) is 0 Å². The monoisotopic (exact) mass is 294 g/mol. The van der Waals surface area contributed by atoms with E-state index in [0.717, 1.165) is 39.1 Å². The molecule has 0 aliphatic carbocycles. The number of hydrogen-bond donors (Lipinski definition) is 0. The number of methoxy groups -OCH3 is 3. The zero-order valence-electron chi connectivity index (χ0n) is 12.9. The Labute approximate surface area is 130 Å². The number of benzene rings is 3. The summed E-state index contributed by atoms with van der Waals surface area (Å²) in [6.07, 6.45) is 0. The van der Waals surface area contributed by atoms with Gasteiger partial charge in [-0.15, -0.1) is 0 Å². The minimum absolute atomic E-state index is 0.838. The van der Waals surface area contributed by atoms with Gasteiger partial charge in [-0.2, -0.15) is 0 Å². The van der Waals surface area contributed by atoms with Gasteiger partial charge in [0, 0.05) is 5.56 Å². The lowest BCUT2D eigenvalue weighted by Gasteiger charge is -2.13. The standard InChI is InChI=1S/C19H18O3/c1-20-15-7-4-13(5-8-15)19-17-10-9-16(21-2)12-14(17)6-11-18(19)22-3/h4-12H,1-3H3. The molecule has 0 amide bonds. The molecule has 3 nitrogen and oxygen atoms in total. The van der Waals surface area contributed by atoms with Crippen LogP contribution in [0.25, 0.3) is 21.9 Å². The van der Waals surface area contributed by atoms with Crippen molar-refractivity contribution in [2.24, 2.45) is 0 Å². The molecule has 0 saturated carbocycles.